The number of aromatic nitrogens is 3. The van der Waals surface area contributed by atoms with E-state index >= 15 is 0 Å². The molecule has 0 radical (unpaired) electrons. The van der Waals surface area contributed by atoms with E-state index in [1.54, 1.807) is 39.0 Å². The highest BCUT2D eigenvalue weighted by Crippen LogP contribution is 2.32. The van der Waals surface area contributed by atoms with E-state index in [0.717, 1.165) is 16.8 Å². The van der Waals surface area contributed by atoms with E-state index in [1.807, 2.05) is 30.3 Å². The molecule has 8 nitrogen and oxygen atoms in total. The number of halogens is 3. The van der Waals surface area contributed by atoms with Crippen molar-refractivity contribution in [1.29, 1.82) is 0 Å². The summed E-state index contributed by atoms with van der Waals surface area (Å²) >= 11 is 0. The number of aryl methyl sites for hydroxylation is 1. The number of rotatable bonds is 9. The summed E-state index contributed by atoms with van der Waals surface area (Å²) in [5.41, 5.74) is 0.200. The fourth-order valence-corrected chi connectivity index (χ4v) is 4.00. The molecular weight excluding hydrogens is 527 g/mol. The molecule has 0 bridgehead atoms. The van der Waals surface area contributed by atoms with Crippen LogP contribution in [0.25, 0.3) is 5.69 Å². The summed E-state index contributed by atoms with van der Waals surface area (Å²) in [6.07, 6.45) is -6.13. The molecule has 0 N–H and O–H groups in total. The molecule has 4 aromatic rings. The molecular formula is C29H28F3N3O5. The van der Waals surface area contributed by atoms with Gasteiger partial charge in [0.05, 0.1) is 17.9 Å². The van der Waals surface area contributed by atoms with Crippen LogP contribution in [0.5, 0.6) is 11.5 Å². The first kappa shape index (κ1) is 28.5. The van der Waals surface area contributed by atoms with E-state index in [0.29, 0.717) is 22.6 Å². The minimum absolute atomic E-state index is 0.180. The number of esters is 1. The molecule has 0 saturated carbocycles. The molecule has 2 atom stereocenters. The van der Waals surface area contributed by atoms with E-state index in [2.05, 4.69) is 5.10 Å². The fraction of sp³-hybridized carbons (Fsp3) is 0.276. The molecule has 11 heteroatoms. The van der Waals surface area contributed by atoms with E-state index < -0.39 is 35.6 Å². The number of alkyl halides is 3. The van der Waals surface area contributed by atoms with Crippen LogP contribution in [0.2, 0.25) is 0 Å². The zero-order valence-corrected chi connectivity index (χ0v) is 22.3. The lowest BCUT2D eigenvalue weighted by molar-refractivity contribution is -0.150. The fourth-order valence-electron chi connectivity index (χ4n) is 4.00. The lowest BCUT2D eigenvalue weighted by Crippen LogP contribution is -2.26. The molecule has 0 fully saturated rings. The van der Waals surface area contributed by atoms with Crippen molar-refractivity contribution in [3.05, 3.63) is 106 Å². The molecule has 3 aromatic carbocycles. The standard InChI is InChI=1S/C29H28F3N3O5/c1-5-38-27(36)19(3)39-24-16-15-23(17-18(24)2)40-25(20-9-7-6-8-10-20)26-33-35(28(37)34(26)4)22-13-11-21(12-14-22)29(30,31)32/h6-17,19,25H,5H2,1-4H3. The van der Waals surface area contributed by atoms with Crippen LogP contribution in [-0.4, -0.2) is 33.0 Å². The zero-order valence-electron chi connectivity index (χ0n) is 22.3. The Labute approximate surface area is 228 Å². The Morgan fingerprint density at radius 2 is 1.68 bits per heavy atom. The Hall–Kier alpha value is -4.54. The van der Waals surface area contributed by atoms with Crippen LogP contribution in [0.3, 0.4) is 0 Å². The van der Waals surface area contributed by atoms with Crippen molar-refractivity contribution in [3.63, 3.8) is 0 Å². The second-order valence-electron chi connectivity index (χ2n) is 9.00. The van der Waals surface area contributed by atoms with Gasteiger partial charge in [0.2, 0.25) is 0 Å². The smallest absolute Gasteiger partial charge is 0.416 e. The summed E-state index contributed by atoms with van der Waals surface area (Å²) in [4.78, 5) is 25.0. The molecule has 0 spiro atoms. The van der Waals surface area contributed by atoms with Crippen molar-refractivity contribution in [3.8, 4) is 17.2 Å². The van der Waals surface area contributed by atoms with Crippen LogP contribution in [0, 0.1) is 6.92 Å². The van der Waals surface area contributed by atoms with Crippen molar-refractivity contribution in [2.24, 2.45) is 7.05 Å². The van der Waals surface area contributed by atoms with Gasteiger partial charge >= 0.3 is 17.8 Å². The Balaban J connectivity index is 1.67. The van der Waals surface area contributed by atoms with Gasteiger partial charge < -0.3 is 14.2 Å². The average molecular weight is 556 g/mol. The van der Waals surface area contributed by atoms with E-state index in [4.69, 9.17) is 14.2 Å². The molecule has 210 valence electrons. The van der Waals surface area contributed by atoms with Crippen molar-refractivity contribution in [1.82, 2.24) is 14.3 Å². The second kappa shape index (κ2) is 11.7. The van der Waals surface area contributed by atoms with Gasteiger partial charge in [-0.25, -0.2) is 9.59 Å². The summed E-state index contributed by atoms with van der Waals surface area (Å²) in [7, 11) is 1.52. The molecule has 0 aliphatic carbocycles. The highest BCUT2D eigenvalue weighted by Gasteiger charge is 2.30. The van der Waals surface area contributed by atoms with Crippen LogP contribution in [-0.2, 0) is 22.8 Å². The molecule has 1 aromatic heterocycles. The zero-order chi connectivity index (χ0) is 29.0. The van der Waals surface area contributed by atoms with Gasteiger partial charge in [-0.1, -0.05) is 30.3 Å². The van der Waals surface area contributed by atoms with E-state index in [1.165, 1.54) is 23.7 Å². The van der Waals surface area contributed by atoms with Gasteiger partial charge in [-0.05, 0) is 68.8 Å². The minimum Gasteiger partial charge on any atom is -0.479 e. The minimum atomic E-state index is -4.50. The van der Waals surface area contributed by atoms with Gasteiger partial charge in [-0.2, -0.15) is 17.9 Å². The first-order valence-electron chi connectivity index (χ1n) is 12.5. The first-order chi connectivity index (χ1) is 19.0. The Kier molecular flexibility index (Phi) is 8.32. The van der Waals surface area contributed by atoms with E-state index in [-0.39, 0.29) is 18.1 Å². The lowest BCUT2D eigenvalue weighted by atomic mass is 10.1. The molecule has 0 amide bonds. The van der Waals surface area contributed by atoms with E-state index in [9.17, 15) is 22.8 Å². The van der Waals surface area contributed by atoms with Crippen LogP contribution in [0.15, 0.2) is 77.6 Å². The van der Waals surface area contributed by atoms with Crippen molar-refractivity contribution in [2.75, 3.05) is 6.61 Å². The predicted octanol–water partition coefficient (Wildman–Crippen LogP) is 5.40. The third-order valence-corrected chi connectivity index (χ3v) is 6.11. The quantitative estimate of drug-likeness (QED) is 0.257. The Morgan fingerprint density at radius 1 is 1.00 bits per heavy atom. The van der Waals surface area contributed by atoms with Gasteiger partial charge in [-0.15, -0.1) is 5.10 Å². The number of nitrogens with zero attached hydrogens (tertiary/aromatic N) is 3. The van der Waals surface area contributed by atoms with Crippen molar-refractivity contribution >= 4 is 5.97 Å². The molecule has 2 unspecified atom stereocenters. The molecule has 0 saturated heterocycles. The molecule has 0 aliphatic heterocycles. The SMILES string of the molecule is CCOC(=O)C(C)Oc1ccc(OC(c2ccccc2)c2nn(-c3ccc(C(F)(F)F)cc3)c(=O)n2C)cc1C. The number of carbonyl (C=O) groups excluding carboxylic acids is 1. The normalized spacial score (nSPS) is 13.0. The maximum Gasteiger partial charge on any atom is 0.416 e. The van der Waals surface area contributed by atoms with Gasteiger partial charge in [0.1, 0.15) is 11.5 Å². The molecule has 40 heavy (non-hydrogen) atoms. The van der Waals surface area contributed by atoms with Gasteiger partial charge in [0.25, 0.3) is 0 Å². The van der Waals surface area contributed by atoms with Gasteiger partial charge in [0.15, 0.2) is 18.0 Å². The van der Waals surface area contributed by atoms with Crippen LogP contribution < -0.4 is 15.2 Å². The molecule has 0 aliphatic rings. The van der Waals surface area contributed by atoms with Crippen LogP contribution in [0.4, 0.5) is 13.2 Å². The van der Waals surface area contributed by atoms with Crippen LogP contribution in [0.1, 0.15) is 42.5 Å². The highest BCUT2D eigenvalue weighted by molar-refractivity contribution is 5.74. The Bertz CT molecular complexity index is 1530. The summed E-state index contributed by atoms with van der Waals surface area (Å²) in [5.74, 6) is 0.683. The predicted molar refractivity (Wildman–Crippen MR) is 141 cm³/mol. The average Bonchev–Trinajstić information content (AvgIpc) is 3.22. The number of ether oxygens (including phenoxy) is 3. The first-order valence-corrected chi connectivity index (χ1v) is 12.5. The second-order valence-corrected chi connectivity index (χ2v) is 9.00. The maximum atomic E-state index is 13.1. The third-order valence-electron chi connectivity index (χ3n) is 6.11. The number of hydrogen-bond donors (Lipinski definition) is 0. The highest BCUT2D eigenvalue weighted by atomic mass is 19.4. The summed E-state index contributed by atoms with van der Waals surface area (Å²) in [6.45, 7) is 5.36. The number of carbonyl (C=O) groups is 1. The topological polar surface area (TPSA) is 84.6 Å². The summed E-state index contributed by atoms with van der Waals surface area (Å²) in [6, 6.07) is 18.4. The molecule has 1 heterocycles. The Morgan fingerprint density at radius 3 is 2.27 bits per heavy atom. The number of hydrogen-bond acceptors (Lipinski definition) is 6. The van der Waals surface area contributed by atoms with Crippen molar-refractivity contribution < 1.29 is 32.2 Å². The van der Waals surface area contributed by atoms with Crippen molar-refractivity contribution in [2.45, 2.75) is 39.2 Å². The lowest BCUT2D eigenvalue weighted by Gasteiger charge is -2.20. The summed E-state index contributed by atoms with van der Waals surface area (Å²) in [5, 5.41) is 4.45. The van der Waals surface area contributed by atoms with Gasteiger partial charge in [-0.3, -0.25) is 4.57 Å². The monoisotopic (exact) mass is 555 g/mol. The maximum absolute atomic E-state index is 13.1. The number of benzene rings is 3. The van der Waals surface area contributed by atoms with Gasteiger partial charge in [0, 0.05) is 12.6 Å². The van der Waals surface area contributed by atoms with Crippen LogP contribution >= 0.6 is 0 Å². The largest absolute Gasteiger partial charge is 0.479 e. The third kappa shape index (κ3) is 6.19. The molecule has 4 rings (SSSR count). The summed E-state index contributed by atoms with van der Waals surface area (Å²) < 4.78 is 58.4.